The summed E-state index contributed by atoms with van der Waals surface area (Å²) in [7, 11) is -1.61. The van der Waals surface area contributed by atoms with Crippen molar-refractivity contribution in [3.63, 3.8) is 0 Å². The summed E-state index contributed by atoms with van der Waals surface area (Å²) in [5.41, 5.74) is 0.758. The third-order valence-electron chi connectivity index (χ3n) is 3.45. The van der Waals surface area contributed by atoms with Crippen LogP contribution in [0.3, 0.4) is 0 Å². The van der Waals surface area contributed by atoms with Gasteiger partial charge in [0.25, 0.3) is 0 Å². The summed E-state index contributed by atoms with van der Waals surface area (Å²) in [5, 5.41) is 0. The van der Waals surface area contributed by atoms with E-state index in [4.69, 9.17) is 0 Å². The molecule has 0 saturated carbocycles. The Morgan fingerprint density at radius 2 is 1.60 bits per heavy atom. The molecule has 0 aromatic heterocycles. The first kappa shape index (κ1) is 19.3. The zero-order chi connectivity index (χ0) is 18.5. The van der Waals surface area contributed by atoms with Gasteiger partial charge in [0.2, 0.25) is 0 Å². The Bertz CT molecular complexity index is 775. The summed E-state index contributed by atoms with van der Waals surface area (Å²) >= 11 is 0. The highest BCUT2D eigenvalue weighted by molar-refractivity contribution is 7.91. The Balaban J connectivity index is 1.89. The molecule has 2 rings (SSSR count). The fourth-order valence-electron chi connectivity index (χ4n) is 2.21. The van der Waals surface area contributed by atoms with Crippen molar-refractivity contribution in [3.05, 3.63) is 60.2 Å². The Labute approximate surface area is 144 Å². The number of hydrogen-bond acceptors (Lipinski definition) is 4. The van der Waals surface area contributed by atoms with Crippen LogP contribution in [0.5, 0.6) is 5.75 Å². The quantitative estimate of drug-likeness (QED) is 0.745. The van der Waals surface area contributed by atoms with Gasteiger partial charge in [0, 0.05) is 13.1 Å². The molecule has 0 atom stereocenters. The fraction of sp³-hybridized carbons (Fsp3) is 0.294. The van der Waals surface area contributed by atoms with Gasteiger partial charge in [-0.25, -0.2) is 8.42 Å². The van der Waals surface area contributed by atoms with Gasteiger partial charge in [0.15, 0.2) is 9.84 Å². The van der Waals surface area contributed by atoms with Crippen LogP contribution in [0.25, 0.3) is 0 Å². The highest BCUT2D eigenvalue weighted by Gasteiger charge is 2.30. The minimum absolute atomic E-state index is 0.0389. The van der Waals surface area contributed by atoms with Gasteiger partial charge < -0.3 is 9.64 Å². The number of halogens is 3. The molecule has 0 saturated heterocycles. The second kappa shape index (κ2) is 7.88. The standard InChI is InChI=1S/C17H18F3NO3S/c1-21(11-12-25(22,23)16-5-3-2-4-6-16)13-14-7-9-15(10-8-14)24-17(18,19)20/h2-10H,11-13H2,1H3. The van der Waals surface area contributed by atoms with Gasteiger partial charge in [-0.1, -0.05) is 30.3 Å². The summed E-state index contributed by atoms with van der Waals surface area (Å²) < 4.78 is 64.6. The van der Waals surface area contributed by atoms with Gasteiger partial charge >= 0.3 is 6.36 Å². The average Bonchev–Trinajstić information content (AvgIpc) is 2.54. The number of hydrogen-bond donors (Lipinski definition) is 0. The van der Waals surface area contributed by atoms with Crippen LogP contribution in [0.15, 0.2) is 59.5 Å². The molecule has 0 bridgehead atoms. The average molecular weight is 373 g/mol. The van der Waals surface area contributed by atoms with E-state index in [-0.39, 0.29) is 16.4 Å². The van der Waals surface area contributed by atoms with Gasteiger partial charge in [-0.15, -0.1) is 13.2 Å². The predicted molar refractivity (Wildman–Crippen MR) is 88.0 cm³/mol. The van der Waals surface area contributed by atoms with Crippen molar-refractivity contribution in [3.8, 4) is 5.75 Å². The first-order valence-corrected chi connectivity index (χ1v) is 9.12. The van der Waals surface area contributed by atoms with Crippen molar-refractivity contribution < 1.29 is 26.3 Å². The maximum atomic E-state index is 12.2. The molecule has 0 aliphatic heterocycles. The number of alkyl halides is 3. The Morgan fingerprint density at radius 1 is 1.00 bits per heavy atom. The van der Waals surface area contributed by atoms with E-state index in [0.717, 1.165) is 5.56 Å². The number of nitrogens with zero attached hydrogens (tertiary/aromatic N) is 1. The zero-order valence-corrected chi connectivity index (χ0v) is 14.3. The van der Waals surface area contributed by atoms with E-state index in [2.05, 4.69) is 4.74 Å². The smallest absolute Gasteiger partial charge is 0.406 e. The lowest BCUT2D eigenvalue weighted by Crippen LogP contribution is -2.25. The lowest BCUT2D eigenvalue weighted by molar-refractivity contribution is -0.274. The van der Waals surface area contributed by atoms with Gasteiger partial charge in [0.1, 0.15) is 5.75 Å². The second-order valence-electron chi connectivity index (χ2n) is 5.56. The fourth-order valence-corrected chi connectivity index (χ4v) is 3.57. The minimum Gasteiger partial charge on any atom is -0.406 e. The molecule has 0 radical (unpaired) electrons. The third-order valence-corrected chi connectivity index (χ3v) is 5.16. The second-order valence-corrected chi connectivity index (χ2v) is 7.67. The van der Waals surface area contributed by atoms with Crippen LogP contribution in [0.4, 0.5) is 13.2 Å². The van der Waals surface area contributed by atoms with Crippen molar-refractivity contribution >= 4 is 9.84 Å². The van der Waals surface area contributed by atoms with Crippen molar-refractivity contribution in [1.29, 1.82) is 0 Å². The molecule has 0 spiro atoms. The first-order chi connectivity index (χ1) is 11.7. The molecule has 0 aliphatic carbocycles. The summed E-state index contributed by atoms with van der Waals surface area (Å²) in [6.07, 6.45) is -4.72. The predicted octanol–water partition coefficient (Wildman–Crippen LogP) is 3.49. The molecule has 2 aromatic carbocycles. The highest BCUT2D eigenvalue weighted by atomic mass is 32.2. The van der Waals surface area contributed by atoms with E-state index in [0.29, 0.717) is 13.1 Å². The SMILES string of the molecule is CN(CCS(=O)(=O)c1ccccc1)Cc1ccc(OC(F)(F)F)cc1. The van der Waals surface area contributed by atoms with Crippen LogP contribution in [0.1, 0.15) is 5.56 Å². The number of benzene rings is 2. The van der Waals surface area contributed by atoms with E-state index in [9.17, 15) is 21.6 Å². The third kappa shape index (κ3) is 6.39. The molecular weight excluding hydrogens is 355 g/mol. The number of rotatable bonds is 7. The molecule has 0 heterocycles. The van der Waals surface area contributed by atoms with Crippen LogP contribution in [-0.2, 0) is 16.4 Å². The summed E-state index contributed by atoms with van der Waals surface area (Å²) in [6.45, 7) is 0.717. The molecule has 4 nitrogen and oxygen atoms in total. The maximum absolute atomic E-state index is 12.2. The van der Waals surface area contributed by atoms with Crippen molar-refractivity contribution in [2.45, 2.75) is 17.8 Å². The van der Waals surface area contributed by atoms with Crippen LogP contribution in [-0.4, -0.2) is 39.0 Å². The van der Waals surface area contributed by atoms with E-state index >= 15 is 0 Å². The molecule has 0 aliphatic rings. The molecule has 0 N–H and O–H groups in total. The molecule has 0 unspecified atom stereocenters. The molecule has 0 amide bonds. The van der Waals surface area contributed by atoms with Gasteiger partial charge in [-0.2, -0.15) is 0 Å². The van der Waals surface area contributed by atoms with E-state index in [1.807, 2.05) is 0 Å². The molecule has 136 valence electrons. The van der Waals surface area contributed by atoms with Crippen LogP contribution in [0.2, 0.25) is 0 Å². The summed E-state index contributed by atoms with van der Waals surface area (Å²) in [4.78, 5) is 2.07. The molecule has 2 aromatic rings. The van der Waals surface area contributed by atoms with E-state index in [1.54, 1.807) is 42.3 Å². The number of ether oxygens (including phenoxy) is 1. The van der Waals surface area contributed by atoms with Gasteiger partial charge in [0.05, 0.1) is 10.6 Å². The van der Waals surface area contributed by atoms with Crippen molar-refractivity contribution in [2.24, 2.45) is 0 Å². The lowest BCUT2D eigenvalue weighted by Gasteiger charge is -2.17. The molecule has 8 heteroatoms. The molecule has 25 heavy (non-hydrogen) atoms. The minimum atomic E-state index is -4.72. The topological polar surface area (TPSA) is 46.6 Å². The van der Waals surface area contributed by atoms with Crippen LogP contribution in [0, 0.1) is 0 Å². The normalized spacial score (nSPS) is 12.4. The van der Waals surface area contributed by atoms with E-state index < -0.39 is 16.2 Å². The molecule has 0 fully saturated rings. The Kier molecular flexibility index (Phi) is 6.07. The number of sulfone groups is 1. The largest absolute Gasteiger partial charge is 0.573 e. The molecular formula is C17H18F3NO3S. The lowest BCUT2D eigenvalue weighted by atomic mass is 10.2. The highest BCUT2D eigenvalue weighted by Crippen LogP contribution is 2.23. The zero-order valence-electron chi connectivity index (χ0n) is 13.5. The van der Waals surface area contributed by atoms with Gasteiger partial charge in [-0.05, 0) is 36.9 Å². The van der Waals surface area contributed by atoms with Crippen molar-refractivity contribution in [1.82, 2.24) is 4.90 Å². The van der Waals surface area contributed by atoms with Gasteiger partial charge in [-0.3, -0.25) is 0 Å². The van der Waals surface area contributed by atoms with Crippen LogP contribution >= 0.6 is 0 Å². The Morgan fingerprint density at radius 3 is 2.16 bits per heavy atom. The van der Waals surface area contributed by atoms with E-state index in [1.165, 1.54) is 24.3 Å². The first-order valence-electron chi connectivity index (χ1n) is 7.47. The monoisotopic (exact) mass is 373 g/mol. The van der Waals surface area contributed by atoms with Crippen LogP contribution < -0.4 is 4.74 Å². The summed E-state index contributed by atoms with van der Waals surface area (Å²) in [5.74, 6) is -0.325. The van der Waals surface area contributed by atoms with Crippen molar-refractivity contribution in [2.75, 3.05) is 19.3 Å². The maximum Gasteiger partial charge on any atom is 0.573 e. The Hall–Kier alpha value is -2.06. The summed E-state index contributed by atoms with van der Waals surface area (Å²) in [6, 6.07) is 13.7.